The van der Waals surface area contributed by atoms with Crippen molar-refractivity contribution in [3.8, 4) is 0 Å². The zero-order valence-electron chi connectivity index (χ0n) is 8.33. The van der Waals surface area contributed by atoms with Gasteiger partial charge in [-0.2, -0.15) is 0 Å². The Bertz CT molecular complexity index is 260. The Morgan fingerprint density at radius 1 is 1.46 bits per heavy atom. The van der Waals surface area contributed by atoms with E-state index < -0.39 is 0 Å². The molecule has 0 aliphatic heterocycles. The Morgan fingerprint density at radius 2 is 2.23 bits per heavy atom. The lowest BCUT2D eigenvalue weighted by Gasteiger charge is -2.12. The maximum atomic E-state index is 5.68. The van der Waals surface area contributed by atoms with Gasteiger partial charge in [0.15, 0.2) is 0 Å². The number of aryl methyl sites for hydroxylation is 1. The van der Waals surface area contributed by atoms with E-state index in [1.165, 1.54) is 0 Å². The van der Waals surface area contributed by atoms with Crippen LogP contribution < -0.4 is 5.73 Å². The third kappa shape index (κ3) is 2.77. The monoisotopic (exact) mass is 179 g/mol. The molecule has 0 aliphatic rings. The van der Waals surface area contributed by atoms with Gasteiger partial charge in [0.05, 0.1) is 0 Å². The predicted molar refractivity (Wildman–Crippen MR) is 53.5 cm³/mol. The second kappa shape index (κ2) is 4.92. The van der Waals surface area contributed by atoms with E-state index in [1.54, 1.807) is 6.33 Å². The van der Waals surface area contributed by atoms with Crippen molar-refractivity contribution < 1.29 is 0 Å². The summed E-state index contributed by atoms with van der Waals surface area (Å²) in [5.41, 5.74) is 7.77. The Balaban J connectivity index is 2.78. The SMILES string of the molecule is CCCC(CN)c1cc(C)ncn1. The molecule has 0 aliphatic carbocycles. The van der Waals surface area contributed by atoms with Gasteiger partial charge in [-0.1, -0.05) is 13.3 Å². The second-order valence-electron chi connectivity index (χ2n) is 3.31. The van der Waals surface area contributed by atoms with Crippen LogP contribution in [0.3, 0.4) is 0 Å². The van der Waals surface area contributed by atoms with Crippen molar-refractivity contribution in [1.82, 2.24) is 9.97 Å². The van der Waals surface area contributed by atoms with Crippen LogP contribution in [0.4, 0.5) is 0 Å². The van der Waals surface area contributed by atoms with Crippen LogP contribution in [0, 0.1) is 6.92 Å². The van der Waals surface area contributed by atoms with Gasteiger partial charge >= 0.3 is 0 Å². The highest BCUT2D eigenvalue weighted by atomic mass is 14.8. The molecule has 0 amide bonds. The van der Waals surface area contributed by atoms with Crippen LogP contribution in [-0.4, -0.2) is 16.5 Å². The summed E-state index contributed by atoms with van der Waals surface area (Å²) in [6, 6.07) is 2.02. The second-order valence-corrected chi connectivity index (χ2v) is 3.31. The van der Waals surface area contributed by atoms with Crippen LogP contribution in [-0.2, 0) is 0 Å². The molecule has 3 heteroatoms. The molecule has 0 radical (unpaired) electrons. The van der Waals surface area contributed by atoms with Crippen molar-refractivity contribution in [2.24, 2.45) is 5.73 Å². The van der Waals surface area contributed by atoms with Crippen LogP contribution in [0.5, 0.6) is 0 Å². The molecule has 1 aromatic heterocycles. The molecule has 0 saturated heterocycles. The first-order valence-corrected chi connectivity index (χ1v) is 4.76. The lowest BCUT2D eigenvalue weighted by molar-refractivity contribution is 0.604. The number of nitrogens with zero attached hydrogens (tertiary/aromatic N) is 2. The molecule has 0 saturated carbocycles. The minimum atomic E-state index is 0.395. The third-order valence-electron chi connectivity index (χ3n) is 2.16. The molecule has 0 bridgehead atoms. The Kier molecular flexibility index (Phi) is 3.83. The van der Waals surface area contributed by atoms with Crippen molar-refractivity contribution in [2.75, 3.05) is 6.54 Å². The maximum absolute atomic E-state index is 5.68. The fourth-order valence-electron chi connectivity index (χ4n) is 1.43. The molecule has 2 N–H and O–H groups in total. The van der Waals surface area contributed by atoms with E-state index in [1.807, 2.05) is 13.0 Å². The van der Waals surface area contributed by atoms with Gasteiger partial charge in [-0.15, -0.1) is 0 Å². The fraction of sp³-hybridized carbons (Fsp3) is 0.600. The van der Waals surface area contributed by atoms with E-state index in [9.17, 15) is 0 Å². The molecule has 1 aromatic rings. The first kappa shape index (κ1) is 10.1. The van der Waals surface area contributed by atoms with Crippen LogP contribution in [0.15, 0.2) is 12.4 Å². The van der Waals surface area contributed by atoms with Crippen LogP contribution in [0.1, 0.15) is 37.1 Å². The van der Waals surface area contributed by atoms with Gasteiger partial charge in [-0.25, -0.2) is 9.97 Å². The molecular weight excluding hydrogens is 162 g/mol. The fourth-order valence-corrected chi connectivity index (χ4v) is 1.43. The Hall–Kier alpha value is -0.960. The molecule has 0 aromatic carbocycles. The molecule has 1 rings (SSSR count). The van der Waals surface area contributed by atoms with Crippen molar-refractivity contribution in [3.05, 3.63) is 23.8 Å². The molecule has 13 heavy (non-hydrogen) atoms. The molecule has 3 nitrogen and oxygen atoms in total. The number of aromatic nitrogens is 2. The van der Waals surface area contributed by atoms with Crippen molar-refractivity contribution in [1.29, 1.82) is 0 Å². The van der Waals surface area contributed by atoms with E-state index in [-0.39, 0.29) is 0 Å². The molecule has 72 valence electrons. The first-order chi connectivity index (χ1) is 6.27. The highest BCUT2D eigenvalue weighted by Gasteiger charge is 2.09. The summed E-state index contributed by atoms with van der Waals surface area (Å²) in [6.07, 6.45) is 3.86. The third-order valence-corrected chi connectivity index (χ3v) is 2.16. The highest BCUT2D eigenvalue weighted by molar-refractivity contribution is 5.11. The summed E-state index contributed by atoms with van der Waals surface area (Å²) >= 11 is 0. The molecule has 1 unspecified atom stereocenters. The summed E-state index contributed by atoms with van der Waals surface area (Å²) in [4.78, 5) is 8.30. The van der Waals surface area contributed by atoms with E-state index in [0.29, 0.717) is 12.5 Å². The van der Waals surface area contributed by atoms with Crippen LogP contribution >= 0.6 is 0 Å². The normalized spacial score (nSPS) is 12.8. The molecule has 1 heterocycles. The van der Waals surface area contributed by atoms with E-state index in [2.05, 4.69) is 16.9 Å². The average Bonchev–Trinajstić information content (AvgIpc) is 2.14. The minimum absolute atomic E-state index is 0.395. The Labute approximate surface area is 79.4 Å². The zero-order valence-corrected chi connectivity index (χ0v) is 8.33. The summed E-state index contributed by atoms with van der Waals surface area (Å²) in [6.45, 7) is 4.81. The average molecular weight is 179 g/mol. The number of nitrogens with two attached hydrogens (primary N) is 1. The molecular formula is C10H17N3. The Morgan fingerprint density at radius 3 is 2.77 bits per heavy atom. The van der Waals surface area contributed by atoms with E-state index in [4.69, 9.17) is 5.73 Å². The van der Waals surface area contributed by atoms with Gasteiger partial charge in [0, 0.05) is 23.9 Å². The topological polar surface area (TPSA) is 51.8 Å². The first-order valence-electron chi connectivity index (χ1n) is 4.76. The summed E-state index contributed by atoms with van der Waals surface area (Å²) in [7, 11) is 0. The summed E-state index contributed by atoms with van der Waals surface area (Å²) < 4.78 is 0. The van der Waals surface area contributed by atoms with Gasteiger partial charge < -0.3 is 5.73 Å². The smallest absolute Gasteiger partial charge is 0.115 e. The molecule has 0 fully saturated rings. The van der Waals surface area contributed by atoms with E-state index in [0.717, 1.165) is 24.2 Å². The molecule has 1 atom stereocenters. The zero-order chi connectivity index (χ0) is 9.68. The van der Waals surface area contributed by atoms with Gasteiger partial charge in [-0.05, 0) is 19.4 Å². The number of hydrogen-bond donors (Lipinski definition) is 1. The van der Waals surface area contributed by atoms with E-state index >= 15 is 0 Å². The van der Waals surface area contributed by atoms with Gasteiger partial charge in [0.25, 0.3) is 0 Å². The van der Waals surface area contributed by atoms with Gasteiger partial charge in [0.1, 0.15) is 6.33 Å². The van der Waals surface area contributed by atoms with Gasteiger partial charge in [-0.3, -0.25) is 0 Å². The van der Waals surface area contributed by atoms with Crippen molar-refractivity contribution in [2.45, 2.75) is 32.6 Å². The highest BCUT2D eigenvalue weighted by Crippen LogP contribution is 2.17. The summed E-state index contributed by atoms with van der Waals surface area (Å²) in [5.74, 6) is 0.395. The molecule has 0 spiro atoms. The standard InChI is InChI=1S/C10H17N3/c1-3-4-9(6-11)10-5-8(2)12-7-13-10/h5,7,9H,3-4,6,11H2,1-2H3. The predicted octanol–water partition coefficient (Wildman–Crippen LogP) is 1.63. The number of rotatable bonds is 4. The van der Waals surface area contributed by atoms with Crippen LogP contribution in [0.2, 0.25) is 0 Å². The van der Waals surface area contributed by atoms with Crippen molar-refractivity contribution >= 4 is 0 Å². The lowest BCUT2D eigenvalue weighted by atomic mass is 9.99. The summed E-state index contributed by atoms with van der Waals surface area (Å²) in [5, 5.41) is 0. The maximum Gasteiger partial charge on any atom is 0.115 e. The lowest BCUT2D eigenvalue weighted by Crippen LogP contribution is -2.14. The van der Waals surface area contributed by atoms with Gasteiger partial charge in [0.2, 0.25) is 0 Å². The van der Waals surface area contributed by atoms with Crippen LogP contribution in [0.25, 0.3) is 0 Å². The minimum Gasteiger partial charge on any atom is -0.330 e. The number of hydrogen-bond acceptors (Lipinski definition) is 3. The largest absolute Gasteiger partial charge is 0.330 e. The quantitative estimate of drug-likeness (QED) is 0.764. The van der Waals surface area contributed by atoms with Crippen molar-refractivity contribution in [3.63, 3.8) is 0 Å².